The molecule has 1 rings (SSSR count). The Hall–Kier alpha value is -1.58. The molecule has 0 aliphatic rings. The van der Waals surface area contributed by atoms with Crippen LogP contribution in [-0.2, 0) is 10.0 Å². The van der Waals surface area contributed by atoms with E-state index in [1.165, 1.54) is 0 Å². The van der Waals surface area contributed by atoms with E-state index in [2.05, 4.69) is 4.72 Å². The van der Waals surface area contributed by atoms with Crippen molar-refractivity contribution in [2.75, 3.05) is 6.61 Å². The van der Waals surface area contributed by atoms with Crippen molar-refractivity contribution < 1.29 is 13.2 Å². The number of nitriles is 1. The van der Waals surface area contributed by atoms with Crippen molar-refractivity contribution >= 4 is 10.0 Å². The zero-order chi connectivity index (χ0) is 15.2. The molecular weight excluding hydrogens is 276 g/mol. The Morgan fingerprint density at radius 1 is 1.35 bits per heavy atom. The van der Waals surface area contributed by atoms with Crippen LogP contribution in [0.15, 0.2) is 24.3 Å². The van der Waals surface area contributed by atoms with E-state index in [9.17, 15) is 8.42 Å². The number of benzene rings is 1. The molecule has 0 heterocycles. The third kappa shape index (κ3) is 4.83. The molecule has 0 spiro atoms. The van der Waals surface area contributed by atoms with Gasteiger partial charge in [0.2, 0.25) is 10.0 Å². The predicted octanol–water partition coefficient (Wildman–Crippen LogP) is 1.98. The second-order valence-corrected chi connectivity index (χ2v) is 6.61. The van der Waals surface area contributed by atoms with E-state index in [-0.39, 0.29) is 13.0 Å². The molecule has 0 unspecified atom stereocenters. The number of nitrogens with one attached hydrogen (secondary N) is 1. The first-order valence-corrected chi connectivity index (χ1v) is 8.04. The quantitative estimate of drug-likeness (QED) is 0.834. The lowest BCUT2D eigenvalue weighted by Crippen LogP contribution is -2.41. The molecule has 110 valence electrons. The van der Waals surface area contributed by atoms with Crippen LogP contribution in [0.1, 0.15) is 25.8 Å². The minimum Gasteiger partial charge on any atom is -0.492 e. The molecule has 5 nitrogen and oxygen atoms in total. The Kier molecular flexibility index (Phi) is 5.99. The molecule has 20 heavy (non-hydrogen) atoms. The highest BCUT2D eigenvalue weighted by Gasteiger charge is 2.25. The maximum Gasteiger partial charge on any atom is 0.228 e. The second kappa shape index (κ2) is 7.27. The highest BCUT2D eigenvalue weighted by atomic mass is 32.2. The molecule has 1 aromatic rings. The van der Waals surface area contributed by atoms with Gasteiger partial charge in [-0.15, -0.1) is 0 Å². The average Bonchev–Trinajstić information content (AvgIpc) is 2.38. The van der Waals surface area contributed by atoms with Crippen molar-refractivity contribution in [3.63, 3.8) is 0 Å². The van der Waals surface area contributed by atoms with Gasteiger partial charge in [-0.1, -0.05) is 24.6 Å². The lowest BCUT2D eigenvalue weighted by molar-refractivity contribution is 0.287. The number of ether oxygens (including phenoxy) is 1. The van der Waals surface area contributed by atoms with Crippen LogP contribution < -0.4 is 9.46 Å². The van der Waals surface area contributed by atoms with Crippen LogP contribution in [0, 0.1) is 18.3 Å². The van der Waals surface area contributed by atoms with Gasteiger partial charge in [0.25, 0.3) is 0 Å². The van der Waals surface area contributed by atoms with E-state index in [0.717, 1.165) is 5.56 Å². The molecule has 0 bridgehead atoms. The highest BCUT2D eigenvalue weighted by molar-refractivity contribution is 7.90. The van der Waals surface area contributed by atoms with Crippen LogP contribution in [0.3, 0.4) is 0 Å². The van der Waals surface area contributed by atoms with Gasteiger partial charge in [-0.05, 0) is 32.4 Å². The van der Waals surface area contributed by atoms with E-state index in [0.29, 0.717) is 5.75 Å². The molecular formula is C14H20N2O3S. The minimum absolute atomic E-state index is 0.212. The normalized spacial score (nSPS) is 14.3. The molecule has 2 atom stereocenters. The number of hydrogen-bond donors (Lipinski definition) is 1. The summed E-state index contributed by atoms with van der Waals surface area (Å²) in [6.07, 6.45) is 0.261. The number of nitrogens with zero attached hydrogens (tertiary/aromatic N) is 1. The number of hydrogen-bond acceptors (Lipinski definition) is 4. The van der Waals surface area contributed by atoms with Gasteiger partial charge < -0.3 is 4.74 Å². The molecule has 1 N–H and O–H groups in total. The van der Waals surface area contributed by atoms with Gasteiger partial charge >= 0.3 is 0 Å². The van der Waals surface area contributed by atoms with Crippen molar-refractivity contribution in [3.8, 4) is 11.8 Å². The van der Waals surface area contributed by atoms with Crippen molar-refractivity contribution in [3.05, 3.63) is 29.8 Å². The smallest absolute Gasteiger partial charge is 0.228 e. The van der Waals surface area contributed by atoms with Crippen LogP contribution in [0.25, 0.3) is 0 Å². The van der Waals surface area contributed by atoms with Gasteiger partial charge in [0, 0.05) is 0 Å². The first kappa shape index (κ1) is 16.5. The summed E-state index contributed by atoms with van der Waals surface area (Å²) < 4.78 is 31.7. The topological polar surface area (TPSA) is 79.2 Å². The van der Waals surface area contributed by atoms with Crippen molar-refractivity contribution in [2.45, 2.75) is 38.5 Å². The zero-order valence-corrected chi connectivity index (χ0v) is 12.8. The van der Waals surface area contributed by atoms with E-state index in [4.69, 9.17) is 10.00 Å². The summed E-state index contributed by atoms with van der Waals surface area (Å²) in [7, 11) is -3.62. The summed E-state index contributed by atoms with van der Waals surface area (Å²) in [5, 5.41) is 7.78. The number of aryl methyl sites for hydroxylation is 1. The summed E-state index contributed by atoms with van der Waals surface area (Å²) in [6.45, 7) is 5.56. The van der Waals surface area contributed by atoms with Crippen LogP contribution in [-0.4, -0.2) is 26.3 Å². The Bertz CT molecular complexity index is 561. The Morgan fingerprint density at radius 3 is 2.45 bits per heavy atom. The molecule has 0 radical (unpaired) electrons. The Balaban J connectivity index is 2.54. The Morgan fingerprint density at radius 2 is 1.95 bits per heavy atom. The zero-order valence-electron chi connectivity index (χ0n) is 12.0. The fraction of sp³-hybridized carbons (Fsp3) is 0.500. The van der Waals surface area contributed by atoms with Crippen LogP contribution in [0.2, 0.25) is 0 Å². The third-order valence-corrected chi connectivity index (χ3v) is 4.69. The molecule has 1 aromatic carbocycles. The second-order valence-electron chi connectivity index (χ2n) is 4.71. The van der Waals surface area contributed by atoms with E-state index < -0.39 is 21.3 Å². The van der Waals surface area contributed by atoms with Gasteiger partial charge in [0.1, 0.15) is 12.4 Å². The first-order valence-electron chi connectivity index (χ1n) is 6.49. The molecule has 0 aliphatic carbocycles. The van der Waals surface area contributed by atoms with Crippen LogP contribution >= 0.6 is 0 Å². The van der Waals surface area contributed by atoms with Gasteiger partial charge in [0.05, 0.1) is 12.1 Å². The van der Waals surface area contributed by atoms with Crippen molar-refractivity contribution in [2.24, 2.45) is 0 Å². The summed E-state index contributed by atoms with van der Waals surface area (Å²) in [5.74, 6) is 0.689. The van der Waals surface area contributed by atoms with E-state index >= 15 is 0 Å². The lowest BCUT2D eigenvalue weighted by Gasteiger charge is -2.17. The summed E-state index contributed by atoms with van der Waals surface area (Å²) in [4.78, 5) is 0. The SMILES string of the molecule is CC[C@@H](C#N)S(=O)(=O)N[C@H](C)COc1ccc(C)cc1. The van der Waals surface area contributed by atoms with Gasteiger partial charge in [-0.3, -0.25) is 0 Å². The van der Waals surface area contributed by atoms with E-state index in [1.54, 1.807) is 19.9 Å². The fourth-order valence-corrected chi connectivity index (χ4v) is 3.00. The Labute approximate surface area is 120 Å². The molecule has 0 aromatic heterocycles. The maximum atomic E-state index is 11.9. The fourth-order valence-electron chi connectivity index (χ4n) is 1.63. The largest absolute Gasteiger partial charge is 0.492 e. The van der Waals surface area contributed by atoms with Crippen LogP contribution in [0.4, 0.5) is 0 Å². The monoisotopic (exact) mass is 296 g/mol. The molecule has 0 aliphatic heterocycles. The molecule has 6 heteroatoms. The first-order chi connectivity index (χ1) is 9.39. The van der Waals surface area contributed by atoms with Gasteiger partial charge in [-0.25, -0.2) is 13.1 Å². The molecule has 0 fully saturated rings. The lowest BCUT2D eigenvalue weighted by atomic mass is 10.2. The summed E-state index contributed by atoms with van der Waals surface area (Å²) in [5.41, 5.74) is 1.13. The minimum atomic E-state index is -3.62. The average molecular weight is 296 g/mol. The standard InChI is InChI=1S/C14H20N2O3S/c1-4-14(9-15)20(17,18)16-12(3)10-19-13-7-5-11(2)6-8-13/h5-8,12,14,16H,4,10H2,1-3H3/t12-,14+/m1/s1. The molecule has 0 saturated carbocycles. The van der Waals surface area contributed by atoms with Crippen LogP contribution in [0.5, 0.6) is 5.75 Å². The van der Waals surface area contributed by atoms with E-state index in [1.807, 2.05) is 31.2 Å². The number of rotatable bonds is 7. The molecule has 0 saturated heterocycles. The number of sulfonamides is 1. The summed E-state index contributed by atoms with van der Waals surface area (Å²) >= 11 is 0. The third-order valence-electron chi connectivity index (χ3n) is 2.78. The van der Waals surface area contributed by atoms with Crippen molar-refractivity contribution in [1.82, 2.24) is 4.72 Å². The van der Waals surface area contributed by atoms with Crippen molar-refractivity contribution in [1.29, 1.82) is 5.26 Å². The summed E-state index contributed by atoms with van der Waals surface area (Å²) in [6, 6.07) is 8.90. The molecule has 0 amide bonds. The highest BCUT2D eigenvalue weighted by Crippen LogP contribution is 2.12. The predicted molar refractivity (Wildman–Crippen MR) is 77.9 cm³/mol. The maximum absolute atomic E-state index is 11.9. The van der Waals surface area contributed by atoms with Gasteiger partial charge in [0.15, 0.2) is 5.25 Å². The van der Waals surface area contributed by atoms with Gasteiger partial charge in [-0.2, -0.15) is 5.26 Å².